The van der Waals surface area contributed by atoms with Crippen molar-refractivity contribution in [3.05, 3.63) is 12.0 Å². The van der Waals surface area contributed by atoms with E-state index in [0.29, 0.717) is 11.8 Å². The van der Waals surface area contributed by atoms with Gasteiger partial charge >= 0.3 is 0 Å². The number of ether oxygens (including phenoxy) is 1. The quantitative estimate of drug-likeness (QED) is 0.895. The smallest absolute Gasteiger partial charge is 0.263 e. The van der Waals surface area contributed by atoms with Crippen molar-refractivity contribution in [3.8, 4) is 0 Å². The molecule has 2 aromatic rings. The van der Waals surface area contributed by atoms with Gasteiger partial charge in [-0.2, -0.15) is 4.98 Å². The number of nitrogens with zero attached hydrogens (tertiary/aromatic N) is 4. The molecule has 0 bridgehead atoms. The molecule has 1 N–H and O–H groups in total. The standard InChI is InChI=1S/C13H19N5O2/c1-9(18-3-5-19-6-4-18)7-14-12-11-10(2)17-20-13(11)16-8-15-12/h8-9H,3-7H2,1-2H3,(H,14,15,16). The van der Waals surface area contributed by atoms with E-state index in [4.69, 9.17) is 9.26 Å². The Kier molecular flexibility index (Phi) is 3.79. The number of rotatable bonds is 4. The van der Waals surface area contributed by atoms with E-state index in [1.54, 1.807) is 0 Å². The maximum Gasteiger partial charge on any atom is 0.263 e. The first-order valence-corrected chi connectivity index (χ1v) is 6.88. The molecule has 108 valence electrons. The molecular weight excluding hydrogens is 258 g/mol. The molecule has 7 heteroatoms. The molecule has 0 spiro atoms. The molecule has 7 nitrogen and oxygen atoms in total. The van der Waals surface area contributed by atoms with Crippen molar-refractivity contribution in [2.24, 2.45) is 0 Å². The van der Waals surface area contributed by atoms with Gasteiger partial charge in [-0.3, -0.25) is 4.90 Å². The Morgan fingerprint density at radius 1 is 1.35 bits per heavy atom. The van der Waals surface area contributed by atoms with E-state index in [1.165, 1.54) is 6.33 Å². The van der Waals surface area contributed by atoms with Crippen molar-refractivity contribution in [3.63, 3.8) is 0 Å². The molecule has 1 aliphatic rings. The van der Waals surface area contributed by atoms with Gasteiger partial charge in [-0.15, -0.1) is 0 Å². The van der Waals surface area contributed by atoms with Crippen molar-refractivity contribution in [2.45, 2.75) is 19.9 Å². The third kappa shape index (κ3) is 2.59. The van der Waals surface area contributed by atoms with Gasteiger partial charge in [-0.1, -0.05) is 5.16 Å². The number of hydrogen-bond acceptors (Lipinski definition) is 7. The van der Waals surface area contributed by atoms with Gasteiger partial charge in [0, 0.05) is 25.7 Å². The Labute approximate surface area is 117 Å². The molecule has 1 unspecified atom stereocenters. The van der Waals surface area contributed by atoms with Crippen LogP contribution in [0.15, 0.2) is 10.9 Å². The van der Waals surface area contributed by atoms with Gasteiger partial charge in [0.15, 0.2) is 0 Å². The molecule has 0 amide bonds. The Morgan fingerprint density at radius 2 is 2.15 bits per heavy atom. The monoisotopic (exact) mass is 277 g/mol. The van der Waals surface area contributed by atoms with Crippen molar-refractivity contribution in [1.29, 1.82) is 0 Å². The van der Waals surface area contributed by atoms with Crippen LogP contribution < -0.4 is 5.32 Å². The lowest BCUT2D eigenvalue weighted by Crippen LogP contribution is -2.45. The minimum Gasteiger partial charge on any atom is -0.379 e. The van der Waals surface area contributed by atoms with Gasteiger partial charge in [0.25, 0.3) is 5.71 Å². The van der Waals surface area contributed by atoms with Gasteiger partial charge in [0.1, 0.15) is 17.5 Å². The number of morpholine rings is 1. The number of nitrogens with one attached hydrogen (secondary N) is 1. The van der Waals surface area contributed by atoms with E-state index in [0.717, 1.165) is 49.7 Å². The highest BCUT2D eigenvalue weighted by atomic mass is 16.5. The fourth-order valence-corrected chi connectivity index (χ4v) is 2.45. The molecule has 0 aromatic carbocycles. The maximum absolute atomic E-state index is 5.37. The molecular formula is C13H19N5O2. The molecule has 0 aliphatic carbocycles. The first-order chi connectivity index (χ1) is 9.75. The molecule has 3 heterocycles. The largest absolute Gasteiger partial charge is 0.379 e. The van der Waals surface area contributed by atoms with Crippen molar-refractivity contribution in [2.75, 3.05) is 38.2 Å². The summed E-state index contributed by atoms with van der Waals surface area (Å²) in [7, 11) is 0. The summed E-state index contributed by atoms with van der Waals surface area (Å²) < 4.78 is 10.5. The minimum atomic E-state index is 0.420. The van der Waals surface area contributed by atoms with Gasteiger partial charge in [-0.05, 0) is 13.8 Å². The van der Waals surface area contributed by atoms with Crippen LogP contribution in [0.5, 0.6) is 0 Å². The van der Waals surface area contributed by atoms with Crippen LogP contribution in [0.3, 0.4) is 0 Å². The molecule has 1 aliphatic heterocycles. The van der Waals surface area contributed by atoms with E-state index < -0.39 is 0 Å². The SMILES string of the molecule is Cc1noc2ncnc(NCC(C)N3CCOCC3)c12. The minimum absolute atomic E-state index is 0.420. The van der Waals surface area contributed by atoms with Gasteiger partial charge in [-0.25, -0.2) is 4.98 Å². The lowest BCUT2D eigenvalue weighted by atomic mass is 10.2. The van der Waals surface area contributed by atoms with Crippen LogP contribution in [-0.4, -0.2) is 58.9 Å². The summed E-state index contributed by atoms with van der Waals surface area (Å²) in [5.74, 6) is 0.786. The summed E-state index contributed by atoms with van der Waals surface area (Å²) in [6.45, 7) is 8.50. The first kappa shape index (κ1) is 13.3. The Hall–Kier alpha value is -1.73. The Bertz CT molecular complexity index is 579. The van der Waals surface area contributed by atoms with Gasteiger partial charge in [0.05, 0.1) is 18.9 Å². The van der Waals surface area contributed by atoms with Crippen LogP contribution in [0.2, 0.25) is 0 Å². The third-order valence-electron chi connectivity index (χ3n) is 3.68. The summed E-state index contributed by atoms with van der Waals surface area (Å²) in [5, 5.41) is 8.17. The number of anilines is 1. The third-order valence-corrected chi connectivity index (χ3v) is 3.68. The second kappa shape index (κ2) is 5.72. The van der Waals surface area contributed by atoms with E-state index in [1.807, 2.05) is 6.92 Å². The van der Waals surface area contributed by atoms with Crippen molar-refractivity contribution < 1.29 is 9.26 Å². The number of fused-ring (bicyclic) bond motifs is 1. The van der Waals surface area contributed by atoms with Crippen LogP contribution >= 0.6 is 0 Å². The summed E-state index contributed by atoms with van der Waals surface area (Å²) in [6, 6.07) is 0.420. The number of aryl methyl sites for hydroxylation is 1. The van der Waals surface area contributed by atoms with E-state index >= 15 is 0 Å². The molecule has 1 fully saturated rings. The zero-order valence-corrected chi connectivity index (χ0v) is 11.8. The molecule has 1 saturated heterocycles. The van der Waals surface area contributed by atoms with Crippen LogP contribution in [-0.2, 0) is 4.74 Å². The highest BCUT2D eigenvalue weighted by molar-refractivity contribution is 5.87. The van der Waals surface area contributed by atoms with Crippen LogP contribution in [0.1, 0.15) is 12.6 Å². The summed E-state index contributed by atoms with van der Waals surface area (Å²) in [4.78, 5) is 10.8. The molecule has 3 rings (SSSR count). The Morgan fingerprint density at radius 3 is 2.95 bits per heavy atom. The van der Waals surface area contributed by atoms with E-state index in [2.05, 4.69) is 32.3 Å². The molecule has 2 aromatic heterocycles. The lowest BCUT2D eigenvalue weighted by molar-refractivity contribution is 0.0227. The van der Waals surface area contributed by atoms with E-state index in [9.17, 15) is 0 Å². The predicted octanol–water partition coefficient (Wildman–Crippen LogP) is 1.06. The zero-order valence-electron chi connectivity index (χ0n) is 11.8. The highest BCUT2D eigenvalue weighted by Gasteiger charge is 2.18. The Balaban J connectivity index is 1.68. The average molecular weight is 277 g/mol. The molecule has 1 atom stereocenters. The van der Waals surface area contributed by atoms with Gasteiger partial charge in [0.2, 0.25) is 0 Å². The first-order valence-electron chi connectivity index (χ1n) is 6.88. The summed E-state index contributed by atoms with van der Waals surface area (Å²) in [6.07, 6.45) is 1.49. The fourth-order valence-electron chi connectivity index (χ4n) is 2.45. The van der Waals surface area contributed by atoms with Crippen molar-refractivity contribution in [1.82, 2.24) is 20.0 Å². The lowest BCUT2D eigenvalue weighted by Gasteiger charge is -2.32. The average Bonchev–Trinajstić information content (AvgIpc) is 2.88. The topological polar surface area (TPSA) is 76.3 Å². The van der Waals surface area contributed by atoms with E-state index in [-0.39, 0.29) is 0 Å². The van der Waals surface area contributed by atoms with Crippen molar-refractivity contribution >= 4 is 16.9 Å². The van der Waals surface area contributed by atoms with Crippen LogP contribution in [0.25, 0.3) is 11.1 Å². The van der Waals surface area contributed by atoms with Crippen LogP contribution in [0.4, 0.5) is 5.82 Å². The second-order valence-electron chi connectivity index (χ2n) is 5.05. The highest BCUT2D eigenvalue weighted by Crippen LogP contribution is 2.22. The normalized spacial score (nSPS) is 18.3. The maximum atomic E-state index is 5.37. The number of aromatic nitrogens is 3. The second-order valence-corrected chi connectivity index (χ2v) is 5.05. The molecule has 0 saturated carbocycles. The number of hydrogen-bond donors (Lipinski definition) is 1. The summed E-state index contributed by atoms with van der Waals surface area (Å²) >= 11 is 0. The fraction of sp³-hybridized carbons (Fsp3) is 0.615. The molecule has 0 radical (unpaired) electrons. The summed E-state index contributed by atoms with van der Waals surface area (Å²) in [5.41, 5.74) is 1.33. The zero-order chi connectivity index (χ0) is 13.9. The van der Waals surface area contributed by atoms with Crippen LogP contribution in [0, 0.1) is 6.92 Å². The predicted molar refractivity (Wildman–Crippen MR) is 74.7 cm³/mol. The molecule has 20 heavy (non-hydrogen) atoms. The van der Waals surface area contributed by atoms with Gasteiger partial charge < -0.3 is 14.6 Å².